The van der Waals surface area contributed by atoms with Crippen molar-refractivity contribution in [2.75, 3.05) is 12.4 Å². The second-order valence-corrected chi connectivity index (χ2v) is 6.72. The van der Waals surface area contributed by atoms with E-state index in [0.717, 1.165) is 50.7 Å². The number of pyridine rings is 2. The van der Waals surface area contributed by atoms with E-state index >= 15 is 0 Å². The summed E-state index contributed by atoms with van der Waals surface area (Å²) < 4.78 is 5.21. The fourth-order valence-corrected chi connectivity index (χ4v) is 3.35. The highest BCUT2D eigenvalue weighted by molar-refractivity contribution is 5.93. The van der Waals surface area contributed by atoms with Crippen LogP contribution in [0.15, 0.2) is 61.1 Å². The van der Waals surface area contributed by atoms with Crippen molar-refractivity contribution in [2.45, 2.75) is 13.0 Å². The Labute approximate surface area is 169 Å². The van der Waals surface area contributed by atoms with Crippen molar-refractivity contribution in [3.63, 3.8) is 0 Å². The number of aromatic nitrogens is 2. The highest BCUT2D eigenvalue weighted by atomic mass is 16.5. The molecule has 0 saturated carbocycles. The average Bonchev–Trinajstić information content (AvgIpc) is 3.01. The Kier molecular flexibility index (Phi) is 5.47. The van der Waals surface area contributed by atoms with Crippen LogP contribution in [0.1, 0.15) is 23.1 Å². The van der Waals surface area contributed by atoms with Crippen LogP contribution in [0, 0.1) is 5.41 Å². The molecule has 29 heavy (non-hydrogen) atoms. The molecule has 0 unspecified atom stereocenters. The van der Waals surface area contributed by atoms with Gasteiger partial charge >= 0.3 is 0 Å². The monoisotopic (exact) mass is 382 g/mol. The number of hydrogen-bond donors (Lipinski definition) is 2. The molecule has 0 radical (unpaired) electrons. The zero-order valence-corrected chi connectivity index (χ0v) is 16.2. The SMILES string of the molecule is COc1ccc(CNc2cnc3c(c2C=N)=CC(c2cccnc2)=CCC=3)cc1. The van der Waals surface area contributed by atoms with Crippen molar-refractivity contribution in [2.24, 2.45) is 0 Å². The maximum atomic E-state index is 8.03. The molecule has 1 aliphatic carbocycles. The summed E-state index contributed by atoms with van der Waals surface area (Å²) in [5.74, 6) is 0.834. The first-order valence-electron chi connectivity index (χ1n) is 9.47. The van der Waals surface area contributed by atoms with Crippen LogP contribution < -0.4 is 20.6 Å². The molecule has 2 N–H and O–H groups in total. The number of benzene rings is 1. The van der Waals surface area contributed by atoms with Gasteiger partial charge in [-0.2, -0.15) is 0 Å². The molecule has 5 heteroatoms. The minimum atomic E-state index is 0.639. The lowest BCUT2D eigenvalue weighted by Crippen LogP contribution is -2.32. The molecule has 1 aromatic carbocycles. The van der Waals surface area contributed by atoms with Crippen LogP contribution >= 0.6 is 0 Å². The maximum absolute atomic E-state index is 8.03. The molecule has 144 valence electrons. The normalized spacial score (nSPS) is 12.5. The van der Waals surface area contributed by atoms with Crippen LogP contribution in [0.4, 0.5) is 5.69 Å². The fraction of sp³-hybridized carbons (Fsp3) is 0.125. The number of rotatable bonds is 6. The molecule has 5 nitrogen and oxygen atoms in total. The minimum absolute atomic E-state index is 0.639. The lowest BCUT2D eigenvalue weighted by atomic mass is 10.0. The molecule has 3 aromatic rings. The van der Waals surface area contributed by atoms with Crippen LogP contribution in [0.25, 0.3) is 17.7 Å². The van der Waals surface area contributed by atoms with Gasteiger partial charge < -0.3 is 15.5 Å². The molecule has 2 heterocycles. The van der Waals surface area contributed by atoms with E-state index in [4.69, 9.17) is 10.1 Å². The molecule has 0 spiro atoms. The van der Waals surface area contributed by atoms with Gasteiger partial charge in [0.2, 0.25) is 0 Å². The maximum Gasteiger partial charge on any atom is 0.118 e. The Morgan fingerprint density at radius 3 is 2.72 bits per heavy atom. The van der Waals surface area contributed by atoms with Crippen LogP contribution in [0.5, 0.6) is 5.75 Å². The van der Waals surface area contributed by atoms with Gasteiger partial charge in [-0.15, -0.1) is 0 Å². The quantitative estimate of drug-likeness (QED) is 0.643. The molecule has 0 atom stereocenters. The van der Waals surface area contributed by atoms with Gasteiger partial charge in [0.05, 0.1) is 24.3 Å². The van der Waals surface area contributed by atoms with Gasteiger partial charge in [-0.25, -0.2) is 0 Å². The first kappa shape index (κ1) is 18.6. The summed E-state index contributed by atoms with van der Waals surface area (Å²) in [6, 6.07) is 11.9. The summed E-state index contributed by atoms with van der Waals surface area (Å²) in [6.07, 6.45) is 14.0. The minimum Gasteiger partial charge on any atom is -0.497 e. The van der Waals surface area contributed by atoms with E-state index < -0.39 is 0 Å². The van der Waals surface area contributed by atoms with Gasteiger partial charge in [-0.3, -0.25) is 9.97 Å². The van der Waals surface area contributed by atoms with Crippen molar-refractivity contribution >= 4 is 29.6 Å². The predicted molar refractivity (Wildman–Crippen MR) is 117 cm³/mol. The van der Waals surface area contributed by atoms with Crippen molar-refractivity contribution in [1.29, 1.82) is 5.41 Å². The lowest BCUT2D eigenvalue weighted by Gasteiger charge is -2.11. The number of fused-ring (bicyclic) bond motifs is 1. The topological polar surface area (TPSA) is 70.9 Å². The summed E-state index contributed by atoms with van der Waals surface area (Å²) in [5.41, 5.74) is 4.94. The summed E-state index contributed by atoms with van der Waals surface area (Å²) in [6.45, 7) is 0.639. The van der Waals surface area contributed by atoms with Gasteiger partial charge in [0, 0.05) is 35.9 Å². The fourth-order valence-electron chi connectivity index (χ4n) is 3.35. The third-order valence-electron chi connectivity index (χ3n) is 4.92. The molecule has 0 fully saturated rings. The van der Waals surface area contributed by atoms with Crippen LogP contribution in [0.3, 0.4) is 0 Å². The van der Waals surface area contributed by atoms with E-state index in [1.54, 1.807) is 13.3 Å². The standard InChI is InChI=1S/C24H22N4O/c1-29-20-9-7-17(8-10-20)14-27-24-16-28-23-6-2-4-18(12-21(23)22(24)13-25)19-5-3-11-26-15-19/h3-13,15-16,25,27H,2,14H2,1H3. The summed E-state index contributed by atoms with van der Waals surface area (Å²) in [4.78, 5) is 8.86. The van der Waals surface area contributed by atoms with E-state index in [1.807, 2.05) is 48.8 Å². The Balaban J connectivity index is 1.69. The first-order chi connectivity index (χ1) is 14.3. The molecule has 0 amide bonds. The van der Waals surface area contributed by atoms with Crippen molar-refractivity contribution < 1.29 is 4.74 Å². The lowest BCUT2D eigenvalue weighted by molar-refractivity contribution is 0.414. The van der Waals surface area contributed by atoms with Crippen molar-refractivity contribution in [1.82, 2.24) is 9.97 Å². The molecule has 0 saturated heterocycles. The van der Waals surface area contributed by atoms with E-state index in [2.05, 4.69) is 33.5 Å². The van der Waals surface area contributed by atoms with E-state index in [0.29, 0.717) is 6.54 Å². The summed E-state index contributed by atoms with van der Waals surface area (Å²) in [7, 11) is 1.66. The largest absolute Gasteiger partial charge is 0.497 e. The third-order valence-corrected chi connectivity index (χ3v) is 4.92. The van der Waals surface area contributed by atoms with Gasteiger partial charge in [0.15, 0.2) is 0 Å². The second-order valence-electron chi connectivity index (χ2n) is 6.72. The first-order valence-corrected chi connectivity index (χ1v) is 9.47. The highest BCUT2D eigenvalue weighted by Gasteiger charge is 2.08. The van der Waals surface area contributed by atoms with E-state index in [-0.39, 0.29) is 0 Å². The molecular formula is C24H22N4O. The summed E-state index contributed by atoms with van der Waals surface area (Å²) >= 11 is 0. The summed E-state index contributed by atoms with van der Waals surface area (Å²) in [5, 5.41) is 13.3. The number of methoxy groups -OCH3 is 1. The van der Waals surface area contributed by atoms with Gasteiger partial charge in [0.25, 0.3) is 0 Å². The number of ether oxygens (including phenoxy) is 1. The Bertz CT molecular complexity index is 1170. The molecule has 0 bridgehead atoms. The molecule has 4 rings (SSSR count). The second kappa shape index (κ2) is 8.52. The third kappa shape index (κ3) is 4.09. The Hall–Kier alpha value is -3.73. The van der Waals surface area contributed by atoms with Crippen LogP contribution in [-0.2, 0) is 6.54 Å². The smallest absolute Gasteiger partial charge is 0.118 e. The molecule has 2 aromatic heterocycles. The van der Waals surface area contributed by atoms with E-state index in [1.165, 1.54) is 6.21 Å². The molecule has 1 aliphatic rings. The van der Waals surface area contributed by atoms with Gasteiger partial charge in [-0.1, -0.05) is 30.4 Å². The zero-order chi connectivity index (χ0) is 20.1. The number of anilines is 1. The number of hydrogen-bond acceptors (Lipinski definition) is 5. The number of nitrogens with zero attached hydrogens (tertiary/aromatic N) is 2. The Morgan fingerprint density at radius 2 is 2.00 bits per heavy atom. The van der Waals surface area contributed by atoms with Crippen molar-refractivity contribution in [3.05, 3.63) is 88.3 Å². The Morgan fingerprint density at radius 1 is 1.14 bits per heavy atom. The van der Waals surface area contributed by atoms with Gasteiger partial charge in [0.1, 0.15) is 5.75 Å². The number of nitrogens with one attached hydrogen (secondary N) is 2. The van der Waals surface area contributed by atoms with Crippen molar-refractivity contribution in [3.8, 4) is 5.75 Å². The zero-order valence-electron chi connectivity index (χ0n) is 16.2. The molecule has 0 aliphatic heterocycles. The molecular weight excluding hydrogens is 360 g/mol. The van der Waals surface area contributed by atoms with Crippen LogP contribution in [-0.4, -0.2) is 23.3 Å². The predicted octanol–water partition coefficient (Wildman–Crippen LogP) is 3.14. The highest BCUT2D eigenvalue weighted by Crippen LogP contribution is 2.18. The number of allylic oxidation sites excluding steroid dienone is 2. The van der Waals surface area contributed by atoms with Gasteiger partial charge in [-0.05, 0) is 47.4 Å². The average molecular weight is 382 g/mol. The van der Waals surface area contributed by atoms with E-state index in [9.17, 15) is 0 Å². The van der Waals surface area contributed by atoms with Crippen LogP contribution in [0.2, 0.25) is 0 Å².